The Balaban J connectivity index is 2.09. The molecule has 1 radical (unpaired) electrons. The summed E-state index contributed by atoms with van der Waals surface area (Å²) in [5, 5.41) is 0.770. The summed E-state index contributed by atoms with van der Waals surface area (Å²) in [5.74, 6) is 0. The Morgan fingerprint density at radius 2 is 1.69 bits per heavy atom. The molecule has 0 saturated heterocycles. The highest BCUT2D eigenvalue weighted by Gasteiger charge is 2.01. The van der Waals surface area contributed by atoms with Crippen LogP contribution in [0.3, 0.4) is 0 Å². The number of anilines is 1. The number of hydrogen-bond acceptors (Lipinski definition) is 1. The van der Waals surface area contributed by atoms with E-state index in [9.17, 15) is 0 Å². The van der Waals surface area contributed by atoms with Crippen LogP contribution in [0, 0.1) is 6.07 Å². The van der Waals surface area contributed by atoms with Crippen molar-refractivity contribution >= 4 is 17.3 Å². The van der Waals surface area contributed by atoms with E-state index in [2.05, 4.69) is 30.1 Å². The third kappa shape index (κ3) is 2.77. The van der Waals surface area contributed by atoms with Gasteiger partial charge in [0.25, 0.3) is 0 Å². The highest BCUT2D eigenvalue weighted by Crippen LogP contribution is 2.18. The smallest absolute Gasteiger partial charge is 0.0426 e. The molecule has 2 aromatic carbocycles. The third-order valence-corrected chi connectivity index (χ3v) is 2.73. The van der Waals surface area contributed by atoms with E-state index in [4.69, 9.17) is 11.6 Å². The predicted octanol–water partition coefficient (Wildman–Crippen LogP) is 3.78. The van der Waals surface area contributed by atoms with E-state index < -0.39 is 0 Å². The van der Waals surface area contributed by atoms with Crippen LogP contribution in [-0.2, 0) is 6.54 Å². The second-order valence-corrected chi connectivity index (χ2v) is 4.18. The van der Waals surface area contributed by atoms with Crippen LogP contribution in [0.5, 0.6) is 0 Å². The molecular weight excluding hydrogens is 218 g/mol. The molecule has 0 unspecified atom stereocenters. The van der Waals surface area contributed by atoms with Gasteiger partial charge in [0.15, 0.2) is 0 Å². The molecule has 0 fully saturated rings. The van der Waals surface area contributed by atoms with Gasteiger partial charge in [0.2, 0.25) is 0 Å². The molecule has 0 aliphatic heterocycles. The Morgan fingerprint density at radius 3 is 2.31 bits per heavy atom. The zero-order valence-electron chi connectivity index (χ0n) is 9.15. The second kappa shape index (κ2) is 5.04. The van der Waals surface area contributed by atoms with Crippen LogP contribution >= 0.6 is 11.6 Å². The van der Waals surface area contributed by atoms with E-state index >= 15 is 0 Å². The van der Waals surface area contributed by atoms with Gasteiger partial charge in [-0.25, -0.2) is 0 Å². The maximum atomic E-state index is 5.85. The van der Waals surface area contributed by atoms with Gasteiger partial charge in [0, 0.05) is 24.3 Å². The molecule has 0 aliphatic carbocycles. The fraction of sp³-hybridized carbons (Fsp3) is 0.143. The zero-order valence-corrected chi connectivity index (χ0v) is 9.91. The molecule has 0 saturated carbocycles. The first-order valence-electron chi connectivity index (χ1n) is 5.17. The lowest BCUT2D eigenvalue weighted by Crippen LogP contribution is -2.15. The molecule has 0 atom stereocenters. The minimum absolute atomic E-state index is 0.770. The largest absolute Gasteiger partial charge is 0.370 e. The molecule has 1 nitrogen and oxygen atoms in total. The van der Waals surface area contributed by atoms with Crippen molar-refractivity contribution in [3.63, 3.8) is 0 Å². The summed E-state index contributed by atoms with van der Waals surface area (Å²) < 4.78 is 0. The van der Waals surface area contributed by atoms with Gasteiger partial charge >= 0.3 is 0 Å². The Hall–Kier alpha value is -1.47. The van der Waals surface area contributed by atoms with Gasteiger partial charge in [-0.1, -0.05) is 35.9 Å². The SMILES string of the molecule is CN(Cc1cc[c]cc1)c1ccc(Cl)cc1. The molecule has 0 spiro atoms. The summed E-state index contributed by atoms with van der Waals surface area (Å²) in [7, 11) is 2.07. The minimum Gasteiger partial charge on any atom is -0.370 e. The molecule has 2 aromatic rings. The van der Waals surface area contributed by atoms with Gasteiger partial charge in [0.1, 0.15) is 0 Å². The van der Waals surface area contributed by atoms with Crippen molar-refractivity contribution in [2.24, 2.45) is 0 Å². The average molecular weight is 231 g/mol. The molecule has 0 heterocycles. The Kier molecular flexibility index (Phi) is 3.47. The Labute approximate surface area is 101 Å². The summed E-state index contributed by atoms with van der Waals surface area (Å²) in [5.41, 5.74) is 2.44. The van der Waals surface area contributed by atoms with Crippen LogP contribution < -0.4 is 4.90 Å². The van der Waals surface area contributed by atoms with Crippen molar-refractivity contribution in [2.75, 3.05) is 11.9 Å². The summed E-state index contributed by atoms with van der Waals surface area (Å²) in [6, 6.07) is 18.9. The van der Waals surface area contributed by atoms with Gasteiger partial charge < -0.3 is 4.90 Å². The number of hydrogen-bond donors (Lipinski definition) is 0. The lowest BCUT2D eigenvalue weighted by atomic mass is 10.2. The van der Waals surface area contributed by atoms with Crippen molar-refractivity contribution in [1.29, 1.82) is 0 Å². The number of nitrogens with zero attached hydrogens (tertiary/aromatic N) is 1. The standard InChI is InChI=1S/C14H13ClN/c1-16(11-12-5-3-2-4-6-12)14-9-7-13(15)8-10-14/h3-10H,11H2,1H3. The predicted molar refractivity (Wildman–Crippen MR) is 68.8 cm³/mol. The van der Waals surface area contributed by atoms with Gasteiger partial charge in [-0.15, -0.1) is 0 Å². The van der Waals surface area contributed by atoms with Crippen molar-refractivity contribution < 1.29 is 0 Å². The van der Waals surface area contributed by atoms with Crippen LogP contribution in [0.2, 0.25) is 5.02 Å². The molecule has 2 heteroatoms. The quantitative estimate of drug-likeness (QED) is 0.776. The lowest BCUT2D eigenvalue weighted by molar-refractivity contribution is 0.923. The van der Waals surface area contributed by atoms with Crippen molar-refractivity contribution in [3.05, 3.63) is 65.2 Å². The topological polar surface area (TPSA) is 3.24 Å². The van der Waals surface area contributed by atoms with Gasteiger partial charge in [-0.3, -0.25) is 0 Å². The lowest BCUT2D eigenvalue weighted by Gasteiger charge is -2.19. The normalized spacial score (nSPS) is 10.1. The molecule has 0 aromatic heterocycles. The van der Waals surface area contributed by atoms with E-state index in [1.54, 1.807) is 0 Å². The average Bonchev–Trinajstić information content (AvgIpc) is 2.31. The number of halogens is 1. The van der Waals surface area contributed by atoms with E-state index in [-0.39, 0.29) is 0 Å². The molecule has 81 valence electrons. The summed E-state index contributed by atoms with van der Waals surface area (Å²) in [6.07, 6.45) is 0. The molecule has 0 N–H and O–H groups in total. The first-order chi connectivity index (χ1) is 7.75. The maximum absolute atomic E-state index is 5.85. The van der Waals surface area contributed by atoms with Crippen LogP contribution in [-0.4, -0.2) is 7.05 Å². The number of rotatable bonds is 3. The Bertz CT molecular complexity index is 436. The fourth-order valence-electron chi connectivity index (χ4n) is 1.59. The first kappa shape index (κ1) is 11.0. The first-order valence-corrected chi connectivity index (χ1v) is 5.55. The summed E-state index contributed by atoms with van der Waals surface area (Å²) in [4.78, 5) is 2.19. The van der Waals surface area contributed by atoms with Crippen LogP contribution in [0.15, 0.2) is 48.5 Å². The van der Waals surface area contributed by atoms with Crippen LogP contribution in [0.1, 0.15) is 5.56 Å². The Morgan fingerprint density at radius 1 is 1.06 bits per heavy atom. The van der Waals surface area contributed by atoms with E-state index in [0.29, 0.717) is 0 Å². The molecule has 0 aliphatic rings. The second-order valence-electron chi connectivity index (χ2n) is 3.74. The molecule has 16 heavy (non-hydrogen) atoms. The summed E-state index contributed by atoms with van der Waals surface area (Å²) >= 11 is 5.85. The van der Waals surface area contributed by atoms with Gasteiger partial charge in [-0.2, -0.15) is 0 Å². The van der Waals surface area contributed by atoms with Crippen molar-refractivity contribution in [3.8, 4) is 0 Å². The monoisotopic (exact) mass is 230 g/mol. The van der Waals surface area contributed by atoms with Crippen molar-refractivity contribution in [1.82, 2.24) is 0 Å². The fourth-order valence-corrected chi connectivity index (χ4v) is 1.71. The van der Waals surface area contributed by atoms with Gasteiger partial charge in [-0.05, 0) is 35.9 Å². The maximum Gasteiger partial charge on any atom is 0.0426 e. The highest BCUT2D eigenvalue weighted by atomic mass is 35.5. The molecule has 2 rings (SSSR count). The molecule has 0 bridgehead atoms. The minimum atomic E-state index is 0.770. The highest BCUT2D eigenvalue weighted by molar-refractivity contribution is 6.30. The summed E-state index contributed by atoms with van der Waals surface area (Å²) in [6.45, 7) is 0.885. The van der Waals surface area contributed by atoms with E-state index in [0.717, 1.165) is 17.3 Å². The third-order valence-electron chi connectivity index (χ3n) is 2.47. The van der Waals surface area contributed by atoms with Crippen LogP contribution in [0.4, 0.5) is 5.69 Å². The molecular formula is C14H13ClN. The van der Waals surface area contributed by atoms with Crippen LogP contribution in [0.25, 0.3) is 0 Å². The number of benzene rings is 2. The van der Waals surface area contributed by atoms with E-state index in [1.807, 2.05) is 36.4 Å². The van der Waals surface area contributed by atoms with Gasteiger partial charge in [0.05, 0.1) is 0 Å². The molecule has 0 amide bonds. The zero-order chi connectivity index (χ0) is 11.4. The van der Waals surface area contributed by atoms with E-state index in [1.165, 1.54) is 5.56 Å². The van der Waals surface area contributed by atoms with Crippen molar-refractivity contribution in [2.45, 2.75) is 6.54 Å².